The molecule has 1 amide bonds. The Kier molecular flexibility index (Phi) is 5.30. The summed E-state index contributed by atoms with van der Waals surface area (Å²) in [5.74, 6) is 0.0818. The van der Waals surface area contributed by atoms with Gasteiger partial charge in [-0.3, -0.25) is 4.79 Å². The fourth-order valence-electron chi connectivity index (χ4n) is 3.11. The van der Waals surface area contributed by atoms with Crippen molar-refractivity contribution in [1.29, 1.82) is 0 Å². The van der Waals surface area contributed by atoms with Crippen molar-refractivity contribution in [2.24, 2.45) is 0 Å². The first kappa shape index (κ1) is 15.6. The largest absolute Gasteiger partial charge is 0.370 e. The molecule has 1 fully saturated rings. The molecule has 3 heteroatoms. The molecule has 1 N–H and O–H groups in total. The fraction of sp³-hybridized carbons (Fsp3) is 0.350. The number of aryl methyl sites for hydroxylation is 1. The summed E-state index contributed by atoms with van der Waals surface area (Å²) in [4.78, 5) is 14.7. The van der Waals surface area contributed by atoms with Crippen LogP contribution in [0.4, 0.5) is 11.4 Å². The molecule has 0 aromatic heterocycles. The quantitative estimate of drug-likeness (QED) is 0.895. The van der Waals surface area contributed by atoms with Gasteiger partial charge in [-0.25, -0.2) is 0 Å². The molecule has 23 heavy (non-hydrogen) atoms. The highest BCUT2D eigenvalue weighted by atomic mass is 16.1. The van der Waals surface area contributed by atoms with Crippen LogP contribution in [0.2, 0.25) is 0 Å². The average molecular weight is 308 g/mol. The maximum Gasteiger partial charge on any atom is 0.224 e. The van der Waals surface area contributed by atoms with Crippen LogP contribution in [-0.2, 0) is 11.2 Å². The highest BCUT2D eigenvalue weighted by Gasteiger charge is 2.15. The number of carbonyl (C=O) groups is 1. The molecule has 0 saturated carbocycles. The van der Waals surface area contributed by atoms with Gasteiger partial charge in [-0.15, -0.1) is 0 Å². The van der Waals surface area contributed by atoms with E-state index in [0.29, 0.717) is 6.42 Å². The molecule has 2 aromatic carbocycles. The molecule has 1 aliphatic rings. The van der Waals surface area contributed by atoms with Gasteiger partial charge in [0.05, 0.1) is 11.4 Å². The molecule has 1 heterocycles. The van der Waals surface area contributed by atoms with Crippen molar-refractivity contribution in [2.75, 3.05) is 23.3 Å². The van der Waals surface area contributed by atoms with Gasteiger partial charge in [0.2, 0.25) is 5.91 Å². The average Bonchev–Trinajstić information content (AvgIpc) is 2.62. The van der Waals surface area contributed by atoms with Gasteiger partial charge in [0.15, 0.2) is 0 Å². The number of amides is 1. The van der Waals surface area contributed by atoms with Gasteiger partial charge < -0.3 is 10.2 Å². The topological polar surface area (TPSA) is 32.3 Å². The third-order valence-corrected chi connectivity index (χ3v) is 4.36. The lowest BCUT2D eigenvalue weighted by Gasteiger charge is -2.30. The molecule has 0 bridgehead atoms. The van der Waals surface area contributed by atoms with Crippen LogP contribution in [-0.4, -0.2) is 19.0 Å². The van der Waals surface area contributed by atoms with E-state index in [2.05, 4.69) is 28.4 Å². The van der Waals surface area contributed by atoms with Crippen LogP contribution in [0.1, 0.15) is 31.2 Å². The minimum absolute atomic E-state index is 0.0818. The van der Waals surface area contributed by atoms with Crippen LogP contribution in [0.25, 0.3) is 0 Å². The second-order valence-corrected chi connectivity index (χ2v) is 6.10. The molecule has 3 rings (SSSR count). The Bertz CT molecular complexity index is 633. The summed E-state index contributed by atoms with van der Waals surface area (Å²) in [5.41, 5.74) is 3.29. The molecule has 3 nitrogen and oxygen atoms in total. The van der Waals surface area contributed by atoms with Crippen molar-refractivity contribution < 1.29 is 4.79 Å². The van der Waals surface area contributed by atoms with E-state index >= 15 is 0 Å². The Morgan fingerprint density at radius 1 is 0.913 bits per heavy atom. The Balaban J connectivity index is 1.62. The lowest BCUT2D eigenvalue weighted by atomic mass is 10.1. The number of anilines is 2. The summed E-state index contributed by atoms with van der Waals surface area (Å²) >= 11 is 0. The van der Waals surface area contributed by atoms with E-state index in [1.807, 2.05) is 36.4 Å². The van der Waals surface area contributed by atoms with E-state index in [1.54, 1.807) is 0 Å². The van der Waals surface area contributed by atoms with Crippen molar-refractivity contribution >= 4 is 17.3 Å². The number of nitrogens with one attached hydrogen (secondary N) is 1. The van der Waals surface area contributed by atoms with Crippen LogP contribution in [0.3, 0.4) is 0 Å². The number of para-hydroxylation sites is 2. The summed E-state index contributed by atoms with van der Waals surface area (Å²) in [6.45, 7) is 2.16. The van der Waals surface area contributed by atoms with Gasteiger partial charge >= 0.3 is 0 Å². The molecule has 0 unspecified atom stereocenters. The molecule has 1 aliphatic heterocycles. The van der Waals surface area contributed by atoms with Gasteiger partial charge in [-0.1, -0.05) is 42.5 Å². The standard InChI is InChI=1S/C20H24N2O/c23-20(14-13-17-9-3-1-4-10-17)21-18-11-5-6-12-19(18)22-15-7-2-8-16-22/h1,3-6,9-12H,2,7-8,13-16H2,(H,21,23). The Hall–Kier alpha value is -2.29. The van der Waals surface area contributed by atoms with E-state index in [-0.39, 0.29) is 5.91 Å². The number of nitrogens with zero attached hydrogens (tertiary/aromatic N) is 1. The zero-order valence-electron chi connectivity index (χ0n) is 13.5. The lowest BCUT2D eigenvalue weighted by Crippen LogP contribution is -2.30. The summed E-state index contributed by atoms with van der Waals surface area (Å²) in [5, 5.41) is 3.10. The Morgan fingerprint density at radius 3 is 2.39 bits per heavy atom. The Morgan fingerprint density at radius 2 is 1.61 bits per heavy atom. The maximum atomic E-state index is 12.3. The van der Waals surface area contributed by atoms with Gasteiger partial charge in [0, 0.05) is 19.5 Å². The van der Waals surface area contributed by atoms with Crippen LogP contribution >= 0.6 is 0 Å². The van der Waals surface area contributed by atoms with Crippen molar-refractivity contribution in [1.82, 2.24) is 0 Å². The maximum absolute atomic E-state index is 12.3. The van der Waals surface area contributed by atoms with E-state index in [1.165, 1.54) is 24.8 Å². The molecule has 120 valence electrons. The summed E-state index contributed by atoms with van der Waals surface area (Å²) < 4.78 is 0. The number of hydrogen-bond acceptors (Lipinski definition) is 2. The van der Waals surface area contributed by atoms with Crippen LogP contribution in [0, 0.1) is 0 Å². The van der Waals surface area contributed by atoms with E-state index in [0.717, 1.165) is 30.9 Å². The number of piperidine rings is 1. The number of benzene rings is 2. The number of hydrogen-bond donors (Lipinski definition) is 1. The van der Waals surface area contributed by atoms with Crippen molar-refractivity contribution in [3.05, 3.63) is 60.2 Å². The summed E-state index contributed by atoms with van der Waals surface area (Å²) in [6, 6.07) is 18.3. The third-order valence-electron chi connectivity index (χ3n) is 4.36. The van der Waals surface area contributed by atoms with Crippen LogP contribution < -0.4 is 10.2 Å². The van der Waals surface area contributed by atoms with Gasteiger partial charge in [0.25, 0.3) is 0 Å². The Labute approximate surface area is 138 Å². The minimum atomic E-state index is 0.0818. The summed E-state index contributed by atoms with van der Waals surface area (Å²) in [6.07, 6.45) is 5.06. The van der Waals surface area contributed by atoms with Gasteiger partial charge in [-0.05, 0) is 43.4 Å². The molecule has 0 radical (unpaired) electrons. The molecular formula is C20H24N2O. The van der Waals surface area contributed by atoms with Crippen LogP contribution in [0.5, 0.6) is 0 Å². The van der Waals surface area contributed by atoms with Crippen LogP contribution in [0.15, 0.2) is 54.6 Å². The van der Waals surface area contributed by atoms with Crippen molar-refractivity contribution in [3.63, 3.8) is 0 Å². The normalized spacial score (nSPS) is 14.5. The number of carbonyl (C=O) groups excluding carboxylic acids is 1. The highest BCUT2D eigenvalue weighted by molar-refractivity contribution is 5.94. The molecule has 2 aromatic rings. The number of rotatable bonds is 5. The zero-order chi connectivity index (χ0) is 15.9. The molecule has 0 aliphatic carbocycles. The predicted molar refractivity (Wildman–Crippen MR) is 95.9 cm³/mol. The first-order valence-corrected chi connectivity index (χ1v) is 8.51. The minimum Gasteiger partial charge on any atom is -0.370 e. The fourth-order valence-corrected chi connectivity index (χ4v) is 3.11. The molecular weight excluding hydrogens is 284 g/mol. The second-order valence-electron chi connectivity index (χ2n) is 6.10. The summed E-state index contributed by atoms with van der Waals surface area (Å²) in [7, 11) is 0. The molecule has 1 saturated heterocycles. The molecule has 0 atom stereocenters. The highest BCUT2D eigenvalue weighted by Crippen LogP contribution is 2.28. The monoisotopic (exact) mass is 308 g/mol. The SMILES string of the molecule is O=C(CCc1ccccc1)Nc1ccccc1N1CCCCC1. The molecule has 0 spiro atoms. The third kappa shape index (κ3) is 4.35. The smallest absolute Gasteiger partial charge is 0.224 e. The lowest BCUT2D eigenvalue weighted by molar-refractivity contribution is -0.116. The zero-order valence-corrected chi connectivity index (χ0v) is 13.5. The van der Waals surface area contributed by atoms with Gasteiger partial charge in [0.1, 0.15) is 0 Å². The van der Waals surface area contributed by atoms with E-state index in [9.17, 15) is 4.79 Å². The second kappa shape index (κ2) is 7.82. The predicted octanol–water partition coefficient (Wildman–Crippen LogP) is 4.25. The van der Waals surface area contributed by atoms with E-state index in [4.69, 9.17) is 0 Å². The van der Waals surface area contributed by atoms with E-state index < -0.39 is 0 Å². The van der Waals surface area contributed by atoms with Crippen molar-refractivity contribution in [2.45, 2.75) is 32.1 Å². The van der Waals surface area contributed by atoms with Crippen molar-refractivity contribution in [3.8, 4) is 0 Å². The first-order valence-electron chi connectivity index (χ1n) is 8.51. The first-order chi connectivity index (χ1) is 11.3. The van der Waals surface area contributed by atoms with Gasteiger partial charge in [-0.2, -0.15) is 0 Å².